The van der Waals surface area contributed by atoms with Crippen molar-refractivity contribution in [2.24, 2.45) is 0 Å². The van der Waals surface area contributed by atoms with Crippen molar-refractivity contribution in [2.45, 2.75) is 19.9 Å². The standard InChI is InChI=1S/C14H14ClN5S/c1-10-8-16-19(9-10)6-5-13-17-18-14(21)20(13)12-4-2-3-11(15)7-12/h2-4,7-9H,5-6H2,1H3,(H,18,21). The molecule has 0 aliphatic rings. The molecular weight excluding hydrogens is 306 g/mol. The first-order valence-corrected chi connectivity index (χ1v) is 7.33. The van der Waals surface area contributed by atoms with E-state index in [1.54, 1.807) is 0 Å². The van der Waals surface area contributed by atoms with Crippen LogP contribution in [-0.2, 0) is 13.0 Å². The maximum absolute atomic E-state index is 6.05. The van der Waals surface area contributed by atoms with E-state index >= 15 is 0 Å². The lowest BCUT2D eigenvalue weighted by atomic mass is 10.3. The number of aromatic nitrogens is 5. The zero-order valence-electron chi connectivity index (χ0n) is 11.5. The lowest BCUT2D eigenvalue weighted by Gasteiger charge is -2.07. The van der Waals surface area contributed by atoms with Crippen LogP contribution in [0, 0.1) is 11.7 Å². The summed E-state index contributed by atoms with van der Waals surface area (Å²) < 4.78 is 4.36. The molecule has 7 heteroatoms. The Morgan fingerprint density at radius 3 is 2.95 bits per heavy atom. The van der Waals surface area contributed by atoms with Crippen molar-refractivity contribution in [1.82, 2.24) is 24.5 Å². The lowest BCUT2D eigenvalue weighted by molar-refractivity contribution is 0.594. The van der Waals surface area contributed by atoms with E-state index in [0.717, 1.165) is 30.0 Å². The van der Waals surface area contributed by atoms with Crippen molar-refractivity contribution in [3.8, 4) is 5.69 Å². The van der Waals surface area contributed by atoms with Crippen LogP contribution in [0.25, 0.3) is 5.69 Å². The van der Waals surface area contributed by atoms with Gasteiger partial charge < -0.3 is 0 Å². The molecule has 1 aromatic carbocycles. The van der Waals surface area contributed by atoms with Gasteiger partial charge in [-0.1, -0.05) is 17.7 Å². The van der Waals surface area contributed by atoms with Gasteiger partial charge in [0.25, 0.3) is 0 Å². The van der Waals surface area contributed by atoms with Crippen LogP contribution in [0.1, 0.15) is 11.4 Å². The summed E-state index contributed by atoms with van der Waals surface area (Å²) in [5, 5.41) is 12.1. The van der Waals surface area contributed by atoms with E-state index in [1.807, 2.05) is 52.8 Å². The highest BCUT2D eigenvalue weighted by molar-refractivity contribution is 7.71. The number of hydrogen-bond donors (Lipinski definition) is 1. The Balaban J connectivity index is 1.88. The first-order chi connectivity index (χ1) is 10.1. The number of hydrogen-bond acceptors (Lipinski definition) is 3. The Bertz CT molecular complexity index is 817. The van der Waals surface area contributed by atoms with Gasteiger partial charge in [-0.15, -0.1) is 0 Å². The molecule has 0 radical (unpaired) electrons. The Hall–Kier alpha value is -1.92. The molecule has 0 saturated heterocycles. The van der Waals surface area contributed by atoms with Gasteiger partial charge >= 0.3 is 0 Å². The third-order valence-corrected chi connectivity index (χ3v) is 3.64. The zero-order valence-corrected chi connectivity index (χ0v) is 13.0. The Labute approximate surface area is 132 Å². The van der Waals surface area contributed by atoms with Crippen molar-refractivity contribution in [2.75, 3.05) is 0 Å². The number of aryl methyl sites for hydroxylation is 3. The predicted octanol–water partition coefficient (Wildman–Crippen LogP) is 3.33. The molecule has 2 aromatic heterocycles. The molecular formula is C14H14ClN5S. The molecule has 2 heterocycles. The molecule has 0 atom stereocenters. The molecule has 0 saturated carbocycles. The summed E-state index contributed by atoms with van der Waals surface area (Å²) >= 11 is 11.4. The zero-order chi connectivity index (χ0) is 14.8. The van der Waals surface area contributed by atoms with E-state index < -0.39 is 0 Å². The average molecular weight is 320 g/mol. The van der Waals surface area contributed by atoms with Crippen LogP contribution in [0.15, 0.2) is 36.7 Å². The maximum atomic E-state index is 6.05. The number of halogens is 1. The third-order valence-electron chi connectivity index (χ3n) is 3.14. The summed E-state index contributed by atoms with van der Waals surface area (Å²) in [6.45, 7) is 2.76. The van der Waals surface area contributed by atoms with Crippen LogP contribution in [0.3, 0.4) is 0 Å². The van der Waals surface area contributed by atoms with Crippen LogP contribution in [0.5, 0.6) is 0 Å². The van der Waals surface area contributed by atoms with Crippen molar-refractivity contribution >= 4 is 23.8 Å². The van der Waals surface area contributed by atoms with Crippen molar-refractivity contribution in [3.63, 3.8) is 0 Å². The molecule has 1 N–H and O–H groups in total. The molecule has 21 heavy (non-hydrogen) atoms. The number of aromatic amines is 1. The van der Waals surface area contributed by atoms with Crippen LogP contribution >= 0.6 is 23.8 Å². The quantitative estimate of drug-likeness (QED) is 0.750. The number of nitrogens with one attached hydrogen (secondary N) is 1. The van der Waals surface area contributed by atoms with Gasteiger partial charge in [0, 0.05) is 24.2 Å². The van der Waals surface area contributed by atoms with Gasteiger partial charge in [-0.3, -0.25) is 14.3 Å². The first-order valence-electron chi connectivity index (χ1n) is 6.55. The highest BCUT2D eigenvalue weighted by Gasteiger charge is 2.09. The highest BCUT2D eigenvalue weighted by Crippen LogP contribution is 2.17. The van der Waals surface area contributed by atoms with Gasteiger partial charge in [0.1, 0.15) is 5.82 Å². The number of benzene rings is 1. The fourth-order valence-corrected chi connectivity index (χ4v) is 2.62. The van der Waals surface area contributed by atoms with Crippen molar-refractivity contribution in [1.29, 1.82) is 0 Å². The minimum atomic E-state index is 0.559. The normalized spacial score (nSPS) is 11.0. The summed E-state index contributed by atoms with van der Waals surface area (Å²) in [4.78, 5) is 0. The van der Waals surface area contributed by atoms with E-state index in [-0.39, 0.29) is 0 Å². The second kappa shape index (κ2) is 5.83. The predicted molar refractivity (Wildman–Crippen MR) is 84.4 cm³/mol. The minimum Gasteiger partial charge on any atom is -0.272 e. The fourth-order valence-electron chi connectivity index (χ4n) is 2.18. The van der Waals surface area contributed by atoms with Crippen LogP contribution in [0.2, 0.25) is 5.02 Å². The Kier molecular flexibility index (Phi) is 3.90. The smallest absolute Gasteiger partial charge is 0.199 e. The Morgan fingerprint density at radius 1 is 1.38 bits per heavy atom. The maximum Gasteiger partial charge on any atom is 0.199 e. The first kappa shape index (κ1) is 14.0. The van der Waals surface area contributed by atoms with E-state index in [1.165, 1.54) is 0 Å². The van der Waals surface area contributed by atoms with Gasteiger partial charge in [-0.2, -0.15) is 10.2 Å². The van der Waals surface area contributed by atoms with Gasteiger partial charge in [0.15, 0.2) is 4.77 Å². The largest absolute Gasteiger partial charge is 0.272 e. The molecule has 5 nitrogen and oxygen atoms in total. The van der Waals surface area contributed by atoms with E-state index in [2.05, 4.69) is 15.3 Å². The summed E-state index contributed by atoms with van der Waals surface area (Å²) in [5.74, 6) is 0.857. The second-order valence-electron chi connectivity index (χ2n) is 4.79. The molecule has 108 valence electrons. The van der Waals surface area contributed by atoms with Crippen LogP contribution in [0.4, 0.5) is 0 Å². The van der Waals surface area contributed by atoms with Crippen molar-refractivity contribution < 1.29 is 0 Å². The topological polar surface area (TPSA) is 51.4 Å². The average Bonchev–Trinajstić information content (AvgIpc) is 3.02. The molecule has 3 aromatic rings. The molecule has 3 rings (SSSR count). The molecule has 0 fully saturated rings. The lowest BCUT2D eigenvalue weighted by Crippen LogP contribution is -2.07. The molecule has 0 unspecified atom stereocenters. The number of nitrogens with zero attached hydrogens (tertiary/aromatic N) is 4. The highest BCUT2D eigenvalue weighted by atomic mass is 35.5. The monoisotopic (exact) mass is 319 g/mol. The summed E-state index contributed by atoms with van der Waals surface area (Å²) in [6, 6.07) is 7.56. The van der Waals surface area contributed by atoms with E-state index in [9.17, 15) is 0 Å². The molecule has 0 bridgehead atoms. The molecule has 0 spiro atoms. The minimum absolute atomic E-state index is 0.559. The van der Waals surface area contributed by atoms with Gasteiger partial charge in [0.2, 0.25) is 0 Å². The summed E-state index contributed by atoms with van der Waals surface area (Å²) in [6.07, 6.45) is 4.57. The Morgan fingerprint density at radius 2 is 2.24 bits per heavy atom. The third kappa shape index (κ3) is 3.06. The molecule has 0 aliphatic carbocycles. The molecule has 0 amide bonds. The van der Waals surface area contributed by atoms with Crippen LogP contribution in [-0.4, -0.2) is 24.5 Å². The summed E-state index contributed by atoms with van der Waals surface area (Å²) in [5.41, 5.74) is 2.05. The number of rotatable bonds is 4. The summed E-state index contributed by atoms with van der Waals surface area (Å²) in [7, 11) is 0. The molecule has 0 aliphatic heterocycles. The van der Waals surface area contributed by atoms with Gasteiger partial charge in [-0.25, -0.2) is 0 Å². The van der Waals surface area contributed by atoms with Gasteiger partial charge in [0.05, 0.1) is 11.9 Å². The SMILES string of the molecule is Cc1cnn(CCc2n[nH]c(=S)n2-c2cccc(Cl)c2)c1. The number of H-pyrrole nitrogens is 1. The van der Waals surface area contributed by atoms with E-state index in [4.69, 9.17) is 23.8 Å². The van der Waals surface area contributed by atoms with E-state index in [0.29, 0.717) is 9.79 Å². The van der Waals surface area contributed by atoms with Crippen LogP contribution < -0.4 is 0 Å². The fraction of sp³-hybridized carbons (Fsp3) is 0.214. The van der Waals surface area contributed by atoms with Crippen molar-refractivity contribution in [3.05, 3.63) is 57.8 Å². The second-order valence-corrected chi connectivity index (χ2v) is 5.61. The van der Waals surface area contributed by atoms with Gasteiger partial charge in [-0.05, 0) is 42.9 Å².